The molecule has 0 atom stereocenters. The van der Waals surface area contributed by atoms with Crippen LogP contribution in [-0.4, -0.2) is 32.4 Å². The summed E-state index contributed by atoms with van der Waals surface area (Å²) in [4.78, 5) is 11.9. The third kappa shape index (κ3) is 2.57. The van der Waals surface area contributed by atoms with Gasteiger partial charge in [-0.15, -0.1) is 0 Å². The molecule has 3 heterocycles. The van der Waals surface area contributed by atoms with Crippen LogP contribution in [0.1, 0.15) is 5.69 Å². The third-order valence-electron chi connectivity index (χ3n) is 3.72. The van der Waals surface area contributed by atoms with E-state index in [4.69, 9.17) is 4.98 Å². The Hall–Kier alpha value is -3.09. The van der Waals surface area contributed by atoms with Crippen LogP contribution in [0.5, 0.6) is 0 Å². The average Bonchev–Trinajstić information content (AvgIpc) is 3.24. The predicted octanol–water partition coefficient (Wildman–Crippen LogP) is 0.990. The molecular weight excluding hydrogens is 287 g/mol. The van der Waals surface area contributed by atoms with Crippen molar-refractivity contribution in [1.82, 2.24) is 24.6 Å². The maximum absolute atomic E-state index is 4.75. The largest absolute Gasteiger partial charge is 0.364 e. The van der Waals surface area contributed by atoms with Gasteiger partial charge >= 0.3 is 0 Å². The van der Waals surface area contributed by atoms with Crippen LogP contribution in [0.4, 0.5) is 5.82 Å². The van der Waals surface area contributed by atoms with Crippen LogP contribution in [0.25, 0.3) is 16.9 Å². The van der Waals surface area contributed by atoms with E-state index in [1.54, 1.807) is 6.33 Å². The van der Waals surface area contributed by atoms with Gasteiger partial charge in [-0.3, -0.25) is 0 Å². The second-order valence-electron chi connectivity index (χ2n) is 5.37. The molecule has 7 heteroatoms. The molecule has 0 fully saturated rings. The minimum atomic E-state index is 0.621. The zero-order valence-electron chi connectivity index (χ0n) is 12.7. The van der Waals surface area contributed by atoms with Crippen LogP contribution in [-0.2, 0) is 6.54 Å². The first-order valence-electron chi connectivity index (χ1n) is 7.43. The highest BCUT2D eigenvalue weighted by Gasteiger charge is 2.10. The normalized spacial score (nSPS) is 11.0. The highest BCUT2D eigenvalue weighted by atomic mass is 15.3. The number of imidazole rings is 1. The van der Waals surface area contributed by atoms with Gasteiger partial charge in [-0.05, 0) is 5.46 Å². The summed E-state index contributed by atoms with van der Waals surface area (Å²) in [6, 6.07) is 12.2. The Kier molecular flexibility index (Phi) is 3.31. The van der Waals surface area contributed by atoms with Crippen molar-refractivity contribution < 1.29 is 0 Å². The summed E-state index contributed by atoms with van der Waals surface area (Å²) in [5, 5.41) is 7.81. The highest BCUT2D eigenvalue weighted by Crippen LogP contribution is 2.21. The van der Waals surface area contributed by atoms with E-state index in [9.17, 15) is 0 Å². The van der Waals surface area contributed by atoms with Gasteiger partial charge < -0.3 is 10.3 Å². The quantitative estimate of drug-likeness (QED) is 0.552. The number of nitrogens with zero attached hydrogens (tertiary/aromatic N) is 4. The number of anilines is 1. The molecule has 0 aliphatic carbocycles. The fourth-order valence-corrected chi connectivity index (χ4v) is 2.52. The molecule has 4 aromatic rings. The summed E-state index contributed by atoms with van der Waals surface area (Å²) in [6.07, 6.45) is 5.38. The number of rotatable bonds is 4. The van der Waals surface area contributed by atoms with Crippen LogP contribution in [0.3, 0.4) is 0 Å². The van der Waals surface area contributed by atoms with Crippen LogP contribution in [0.2, 0.25) is 0 Å². The van der Waals surface area contributed by atoms with Gasteiger partial charge in [0.1, 0.15) is 13.7 Å². The van der Waals surface area contributed by atoms with E-state index in [0.717, 1.165) is 33.9 Å². The van der Waals surface area contributed by atoms with E-state index in [0.29, 0.717) is 6.54 Å². The van der Waals surface area contributed by atoms with Crippen LogP contribution in [0.15, 0.2) is 55.1 Å². The van der Waals surface area contributed by atoms with Crippen molar-refractivity contribution in [2.75, 3.05) is 5.32 Å². The summed E-state index contributed by atoms with van der Waals surface area (Å²) in [5.74, 6) is 0.893. The van der Waals surface area contributed by atoms with Crippen molar-refractivity contribution in [2.45, 2.75) is 6.54 Å². The first-order valence-corrected chi connectivity index (χ1v) is 7.43. The van der Waals surface area contributed by atoms with Gasteiger partial charge in [0.05, 0.1) is 24.3 Å². The van der Waals surface area contributed by atoms with Gasteiger partial charge in [0, 0.05) is 24.0 Å². The van der Waals surface area contributed by atoms with Crippen molar-refractivity contribution in [3.63, 3.8) is 0 Å². The van der Waals surface area contributed by atoms with Gasteiger partial charge in [-0.2, -0.15) is 9.61 Å². The highest BCUT2D eigenvalue weighted by molar-refractivity contribution is 6.36. The zero-order valence-corrected chi connectivity index (χ0v) is 12.7. The minimum absolute atomic E-state index is 0.621. The average molecular weight is 302 g/mol. The van der Waals surface area contributed by atoms with E-state index < -0.39 is 0 Å². The molecule has 0 amide bonds. The van der Waals surface area contributed by atoms with Crippen molar-refractivity contribution in [1.29, 1.82) is 0 Å². The number of hydrogen-bond acceptors (Lipinski definition) is 4. The Morgan fingerprint density at radius 2 is 2.09 bits per heavy atom. The summed E-state index contributed by atoms with van der Waals surface area (Å²) >= 11 is 0. The molecule has 3 aromatic heterocycles. The summed E-state index contributed by atoms with van der Waals surface area (Å²) < 4.78 is 1.83. The first kappa shape index (κ1) is 13.6. The van der Waals surface area contributed by atoms with Crippen LogP contribution < -0.4 is 10.8 Å². The lowest BCUT2D eigenvalue weighted by Crippen LogP contribution is -2.09. The Labute approximate surface area is 134 Å². The summed E-state index contributed by atoms with van der Waals surface area (Å²) in [7, 11) is 2.02. The Morgan fingerprint density at radius 1 is 1.22 bits per heavy atom. The van der Waals surface area contributed by atoms with E-state index in [2.05, 4.69) is 32.5 Å². The van der Waals surface area contributed by atoms with E-state index in [1.807, 2.05) is 49.0 Å². The molecule has 0 aliphatic rings. The van der Waals surface area contributed by atoms with Crippen molar-refractivity contribution >= 4 is 24.8 Å². The summed E-state index contributed by atoms with van der Waals surface area (Å²) in [6.45, 7) is 0.621. The predicted molar refractivity (Wildman–Crippen MR) is 92.5 cm³/mol. The molecule has 1 aromatic carbocycles. The van der Waals surface area contributed by atoms with Crippen molar-refractivity contribution in [2.24, 2.45) is 0 Å². The smallest absolute Gasteiger partial charge is 0.151 e. The maximum Gasteiger partial charge on any atom is 0.151 e. The number of benzene rings is 1. The molecule has 0 spiro atoms. The topological polar surface area (TPSA) is 70.9 Å². The number of H-pyrrole nitrogens is 1. The van der Waals surface area contributed by atoms with Gasteiger partial charge in [0.25, 0.3) is 0 Å². The standard InChI is InChI=1S/C16H15BN6/c17-13-9-21-23-15(19-8-12-7-18-10-20-12)6-14(22-16(13)23)11-4-2-1-3-5-11/h1-7,9-10,19H,8,17H2,(H,18,20). The Balaban J connectivity index is 1.78. The maximum atomic E-state index is 4.75. The molecule has 0 saturated heterocycles. The molecular formula is C16H15BN6. The third-order valence-corrected chi connectivity index (χ3v) is 3.72. The van der Waals surface area contributed by atoms with Crippen LogP contribution in [0, 0.1) is 0 Å². The summed E-state index contributed by atoms with van der Waals surface area (Å²) in [5.41, 5.74) is 4.85. The number of aromatic amines is 1. The molecule has 0 unspecified atom stereocenters. The van der Waals surface area contributed by atoms with Gasteiger partial charge in [0.15, 0.2) is 5.65 Å². The monoisotopic (exact) mass is 302 g/mol. The Morgan fingerprint density at radius 3 is 2.87 bits per heavy atom. The minimum Gasteiger partial charge on any atom is -0.364 e. The van der Waals surface area contributed by atoms with Crippen molar-refractivity contribution in [3.05, 3.63) is 60.8 Å². The van der Waals surface area contributed by atoms with Gasteiger partial charge in [0.2, 0.25) is 0 Å². The fourth-order valence-electron chi connectivity index (χ4n) is 2.52. The first-order chi connectivity index (χ1) is 11.3. The van der Waals surface area contributed by atoms with E-state index >= 15 is 0 Å². The molecule has 23 heavy (non-hydrogen) atoms. The number of nitrogens with one attached hydrogen (secondary N) is 2. The number of hydrogen-bond donors (Lipinski definition) is 2. The molecule has 2 N–H and O–H groups in total. The molecule has 6 nitrogen and oxygen atoms in total. The lowest BCUT2D eigenvalue weighted by Gasteiger charge is -2.10. The van der Waals surface area contributed by atoms with E-state index in [1.165, 1.54) is 0 Å². The van der Waals surface area contributed by atoms with Crippen molar-refractivity contribution in [3.8, 4) is 11.3 Å². The Bertz CT molecular complexity index is 930. The second-order valence-corrected chi connectivity index (χ2v) is 5.37. The SMILES string of the molecule is Bc1cnn2c(NCc3c[nH]cn3)cc(-c3ccccc3)nc12. The molecule has 0 aliphatic heterocycles. The van der Waals surface area contributed by atoms with Crippen LogP contribution >= 0.6 is 0 Å². The van der Waals surface area contributed by atoms with Gasteiger partial charge in [-0.25, -0.2) is 9.97 Å². The van der Waals surface area contributed by atoms with E-state index in [-0.39, 0.29) is 0 Å². The molecule has 0 bridgehead atoms. The lowest BCUT2D eigenvalue weighted by atomic mass is 10.0. The number of fused-ring (bicyclic) bond motifs is 1. The zero-order chi connectivity index (χ0) is 15.6. The molecule has 112 valence electrons. The molecule has 0 radical (unpaired) electrons. The number of aromatic nitrogens is 5. The fraction of sp³-hybridized carbons (Fsp3) is 0.0625. The van der Waals surface area contributed by atoms with Gasteiger partial charge in [-0.1, -0.05) is 30.3 Å². The second kappa shape index (κ2) is 5.60. The molecule has 0 saturated carbocycles. The molecule has 4 rings (SSSR count). The lowest BCUT2D eigenvalue weighted by molar-refractivity contribution is 0.921.